The number of amides is 1. The summed E-state index contributed by atoms with van der Waals surface area (Å²) in [6.07, 6.45) is 8.01. The summed E-state index contributed by atoms with van der Waals surface area (Å²) < 4.78 is 27.5. The first-order chi connectivity index (χ1) is 12.9. The Balaban J connectivity index is 1.82. The van der Waals surface area contributed by atoms with Crippen molar-refractivity contribution in [3.63, 3.8) is 0 Å². The van der Waals surface area contributed by atoms with Gasteiger partial charge in [-0.25, -0.2) is 8.42 Å². The second kappa shape index (κ2) is 8.61. The van der Waals surface area contributed by atoms with E-state index in [1.165, 1.54) is 12.8 Å². The molecule has 6 nitrogen and oxygen atoms in total. The lowest BCUT2D eigenvalue weighted by atomic mass is 10.0. The molecular formula is C20H31N3O3S. The molecule has 0 unspecified atom stereocenters. The Kier molecular flexibility index (Phi) is 6.42. The first-order valence-electron chi connectivity index (χ1n) is 9.99. The molecule has 3 rings (SSSR count). The van der Waals surface area contributed by atoms with Gasteiger partial charge in [0.2, 0.25) is 15.9 Å². The fraction of sp³-hybridized carbons (Fsp3) is 0.650. The van der Waals surface area contributed by atoms with Crippen molar-refractivity contribution >= 4 is 27.3 Å². The highest BCUT2D eigenvalue weighted by atomic mass is 32.2. The maximum Gasteiger partial charge on any atom is 0.243 e. The Hall–Kier alpha value is -1.60. The van der Waals surface area contributed by atoms with E-state index < -0.39 is 10.0 Å². The molecule has 1 N–H and O–H groups in total. The number of nitrogens with one attached hydrogen (secondary N) is 1. The molecule has 0 radical (unpaired) electrons. The molecule has 7 heteroatoms. The van der Waals surface area contributed by atoms with Gasteiger partial charge in [-0.1, -0.05) is 19.3 Å². The number of carbonyl (C=O) groups excluding carboxylic acids is 1. The van der Waals surface area contributed by atoms with E-state index >= 15 is 0 Å². The van der Waals surface area contributed by atoms with E-state index in [1.807, 2.05) is 19.0 Å². The van der Waals surface area contributed by atoms with Crippen LogP contribution in [0.4, 0.5) is 11.4 Å². The summed E-state index contributed by atoms with van der Waals surface area (Å²) in [7, 11) is 0.258. The molecule has 1 aliphatic heterocycles. The summed E-state index contributed by atoms with van der Waals surface area (Å²) in [5, 5.41) is 2.97. The van der Waals surface area contributed by atoms with Crippen LogP contribution in [0.3, 0.4) is 0 Å². The molecule has 0 atom stereocenters. The third-order valence-corrected chi connectivity index (χ3v) is 7.52. The van der Waals surface area contributed by atoms with Crippen molar-refractivity contribution in [2.45, 2.75) is 56.3 Å². The van der Waals surface area contributed by atoms with Crippen LogP contribution in [0.25, 0.3) is 0 Å². The zero-order valence-corrected chi connectivity index (χ0v) is 17.2. The van der Waals surface area contributed by atoms with Crippen molar-refractivity contribution in [3.8, 4) is 0 Å². The number of anilines is 2. The lowest BCUT2D eigenvalue weighted by Crippen LogP contribution is -2.35. The normalized spacial score (nSPS) is 19.2. The van der Waals surface area contributed by atoms with Crippen LogP contribution in [0, 0.1) is 5.92 Å². The Morgan fingerprint density at radius 1 is 1.11 bits per heavy atom. The first-order valence-corrected chi connectivity index (χ1v) is 11.4. The summed E-state index contributed by atoms with van der Waals surface area (Å²) in [5.74, 6) is 0.422. The average molecular weight is 394 g/mol. The van der Waals surface area contributed by atoms with Gasteiger partial charge in [-0.15, -0.1) is 0 Å². The second-order valence-electron chi connectivity index (χ2n) is 7.94. The first kappa shape index (κ1) is 20.1. The highest BCUT2D eigenvalue weighted by Crippen LogP contribution is 2.32. The van der Waals surface area contributed by atoms with Crippen LogP contribution < -0.4 is 10.2 Å². The van der Waals surface area contributed by atoms with Crippen molar-refractivity contribution < 1.29 is 13.2 Å². The molecule has 1 saturated carbocycles. The predicted octanol–water partition coefficient (Wildman–Crippen LogP) is 3.45. The molecule has 1 aromatic rings. The minimum absolute atomic E-state index is 0.0301. The van der Waals surface area contributed by atoms with Crippen LogP contribution in [0.2, 0.25) is 0 Å². The number of piperidine rings is 1. The van der Waals surface area contributed by atoms with Crippen LogP contribution in [-0.4, -0.2) is 45.8 Å². The second-order valence-corrected chi connectivity index (χ2v) is 9.88. The van der Waals surface area contributed by atoms with Crippen LogP contribution >= 0.6 is 0 Å². The summed E-state index contributed by atoms with van der Waals surface area (Å²) in [5.41, 5.74) is 1.38. The van der Waals surface area contributed by atoms with Gasteiger partial charge in [0.05, 0.1) is 16.3 Å². The predicted molar refractivity (Wildman–Crippen MR) is 109 cm³/mol. The number of hydrogen-bond donors (Lipinski definition) is 1. The molecule has 1 saturated heterocycles. The summed E-state index contributed by atoms with van der Waals surface area (Å²) >= 11 is 0. The van der Waals surface area contributed by atoms with Crippen molar-refractivity contribution in [1.82, 2.24) is 4.31 Å². The van der Waals surface area contributed by atoms with Gasteiger partial charge in [0.25, 0.3) is 0 Å². The zero-order chi connectivity index (χ0) is 19.4. The average Bonchev–Trinajstić information content (AvgIpc) is 3.15. The Morgan fingerprint density at radius 3 is 2.41 bits per heavy atom. The van der Waals surface area contributed by atoms with Crippen LogP contribution in [-0.2, 0) is 14.8 Å². The largest absolute Gasteiger partial charge is 0.376 e. The fourth-order valence-electron chi connectivity index (χ4n) is 4.10. The number of carbonyl (C=O) groups is 1. The molecular weight excluding hydrogens is 362 g/mol. The van der Waals surface area contributed by atoms with Gasteiger partial charge < -0.3 is 10.2 Å². The van der Waals surface area contributed by atoms with Gasteiger partial charge in [-0.2, -0.15) is 4.31 Å². The van der Waals surface area contributed by atoms with Crippen molar-refractivity contribution in [2.24, 2.45) is 5.92 Å². The van der Waals surface area contributed by atoms with Crippen molar-refractivity contribution in [3.05, 3.63) is 18.2 Å². The third-order valence-electron chi connectivity index (χ3n) is 5.63. The highest BCUT2D eigenvalue weighted by molar-refractivity contribution is 7.89. The van der Waals surface area contributed by atoms with Gasteiger partial charge in [-0.3, -0.25) is 4.79 Å². The van der Waals surface area contributed by atoms with E-state index in [0.29, 0.717) is 31.1 Å². The van der Waals surface area contributed by atoms with Gasteiger partial charge in [0.15, 0.2) is 0 Å². The summed E-state index contributed by atoms with van der Waals surface area (Å²) in [6.45, 7) is 1.14. The summed E-state index contributed by atoms with van der Waals surface area (Å²) in [6, 6.07) is 5.04. The topological polar surface area (TPSA) is 69.7 Å². The molecule has 0 aromatic heterocycles. The number of nitrogens with zero attached hydrogens (tertiary/aromatic N) is 2. The minimum Gasteiger partial charge on any atom is -0.376 e. The molecule has 0 bridgehead atoms. The standard InChI is InChI=1S/C20H31N3O3S/c1-22(2)19-11-10-17(27(25,26)23-12-6-3-7-13-23)15-18(19)21-20(24)14-16-8-4-5-9-16/h10-11,15-16H,3-9,12-14H2,1-2H3,(H,21,24). The Labute approximate surface area is 163 Å². The molecule has 150 valence electrons. The van der Waals surface area contributed by atoms with Gasteiger partial charge in [-0.05, 0) is 49.8 Å². The van der Waals surface area contributed by atoms with E-state index in [1.54, 1.807) is 22.5 Å². The van der Waals surface area contributed by atoms with Crippen LogP contribution in [0.15, 0.2) is 23.1 Å². The quantitative estimate of drug-likeness (QED) is 0.804. The third kappa shape index (κ3) is 4.82. The molecule has 1 amide bonds. The zero-order valence-electron chi connectivity index (χ0n) is 16.4. The minimum atomic E-state index is -3.52. The van der Waals surface area contributed by atoms with Gasteiger partial charge in [0.1, 0.15) is 0 Å². The SMILES string of the molecule is CN(C)c1ccc(S(=O)(=O)N2CCCCC2)cc1NC(=O)CC1CCCC1. The number of hydrogen-bond acceptors (Lipinski definition) is 4. The highest BCUT2D eigenvalue weighted by Gasteiger charge is 2.27. The number of rotatable bonds is 6. The van der Waals surface area contributed by atoms with Crippen molar-refractivity contribution in [1.29, 1.82) is 0 Å². The van der Waals surface area contributed by atoms with E-state index in [9.17, 15) is 13.2 Å². The van der Waals surface area contributed by atoms with Crippen molar-refractivity contribution in [2.75, 3.05) is 37.4 Å². The lowest BCUT2D eigenvalue weighted by molar-refractivity contribution is -0.117. The number of benzene rings is 1. The van der Waals surface area contributed by atoms with E-state index in [-0.39, 0.29) is 10.8 Å². The molecule has 1 aromatic carbocycles. The van der Waals surface area contributed by atoms with E-state index in [0.717, 1.165) is 37.8 Å². The Morgan fingerprint density at radius 2 is 1.78 bits per heavy atom. The van der Waals surface area contributed by atoms with Gasteiger partial charge >= 0.3 is 0 Å². The molecule has 2 aliphatic rings. The molecule has 1 heterocycles. The van der Waals surface area contributed by atoms with Gasteiger partial charge in [0, 0.05) is 33.6 Å². The Bertz CT molecular complexity index is 765. The van der Waals surface area contributed by atoms with E-state index in [4.69, 9.17) is 0 Å². The van der Waals surface area contributed by atoms with Crippen LogP contribution in [0.1, 0.15) is 51.4 Å². The molecule has 1 aliphatic carbocycles. The smallest absolute Gasteiger partial charge is 0.243 e. The maximum absolute atomic E-state index is 13.0. The molecule has 27 heavy (non-hydrogen) atoms. The lowest BCUT2D eigenvalue weighted by Gasteiger charge is -2.27. The molecule has 2 fully saturated rings. The fourth-order valence-corrected chi connectivity index (χ4v) is 5.64. The number of sulfonamides is 1. The maximum atomic E-state index is 13.0. The van der Waals surface area contributed by atoms with E-state index in [2.05, 4.69) is 5.32 Å². The molecule has 0 spiro atoms. The monoisotopic (exact) mass is 393 g/mol. The summed E-state index contributed by atoms with van der Waals surface area (Å²) in [4.78, 5) is 14.7. The van der Waals surface area contributed by atoms with Crippen LogP contribution in [0.5, 0.6) is 0 Å².